The summed E-state index contributed by atoms with van der Waals surface area (Å²) in [5, 5.41) is 8.46. The van der Waals surface area contributed by atoms with E-state index in [1.54, 1.807) is 0 Å². The van der Waals surface area contributed by atoms with Crippen molar-refractivity contribution in [1.82, 2.24) is 9.78 Å². The second kappa shape index (κ2) is 6.70. The van der Waals surface area contributed by atoms with Gasteiger partial charge in [0.1, 0.15) is 0 Å². The third kappa shape index (κ3) is 3.35. The van der Waals surface area contributed by atoms with Gasteiger partial charge in [-0.2, -0.15) is 5.10 Å². The van der Waals surface area contributed by atoms with Gasteiger partial charge in [-0.1, -0.05) is 20.8 Å². The molecule has 2 aromatic rings. The van der Waals surface area contributed by atoms with Crippen LogP contribution in [0.1, 0.15) is 73.8 Å². The van der Waals surface area contributed by atoms with Crippen LogP contribution >= 0.6 is 0 Å². The number of anilines is 1. The van der Waals surface area contributed by atoms with E-state index in [0.29, 0.717) is 11.6 Å². The van der Waals surface area contributed by atoms with E-state index in [-0.39, 0.29) is 11.3 Å². The fourth-order valence-corrected chi connectivity index (χ4v) is 4.28. The largest absolute Gasteiger partial charge is 0.382 e. The lowest BCUT2D eigenvalue weighted by atomic mass is 9.76. The van der Waals surface area contributed by atoms with Crippen LogP contribution in [0.4, 0.5) is 5.69 Å². The van der Waals surface area contributed by atoms with Crippen LogP contribution in [0.2, 0.25) is 0 Å². The predicted molar refractivity (Wildman–Crippen MR) is 109 cm³/mol. The van der Waals surface area contributed by atoms with Crippen LogP contribution < -0.4 is 11.1 Å². The van der Waals surface area contributed by atoms with Crippen molar-refractivity contribution in [2.75, 3.05) is 5.32 Å². The molecule has 0 radical (unpaired) electrons. The van der Waals surface area contributed by atoms with Gasteiger partial charge < -0.3 is 11.1 Å². The molecule has 0 bridgehead atoms. The first kappa shape index (κ1) is 18.1. The van der Waals surface area contributed by atoms with Crippen molar-refractivity contribution in [3.8, 4) is 5.69 Å². The maximum absolute atomic E-state index is 11.9. The molecule has 1 amide bonds. The Morgan fingerprint density at radius 3 is 2.78 bits per heavy atom. The van der Waals surface area contributed by atoms with Crippen molar-refractivity contribution in [3.05, 3.63) is 40.7 Å². The molecule has 1 heterocycles. The minimum Gasteiger partial charge on any atom is -0.382 e. The number of hydrogen-bond donors (Lipinski definition) is 2. The van der Waals surface area contributed by atoms with Crippen molar-refractivity contribution in [2.24, 2.45) is 11.1 Å². The number of primary amides is 1. The molecule has 3 N–H and O–H groups in total. The number of nitrogens with zero attached hydrogens (tertiary/aromatic N) is 2. The van der Waals surface area contributed by atoms with Crippen LogP contribution in [0.15, 0.2) is 18.2 Å². The number of nitrogens with one attached hydrogen (secondary N) is 1. The van der Waals surface area contributed by atoms with Crippen molar-refractivity contribution < 1.29 is 4.79 Å². The zero-order chi connectivity index (χ0) is 19.2. The molecular weight excluding hydrogens is 336 g/mol. The van der Waals surface area contributed by atoms with Gasteiger partial charge in [-0.05, 0) is 74.1 Å². The molecule has 2 aliphatic rings. The maximum Gasteiger partial charge on any atom is 0.250 e. The number of rotatable bonds is 5. The Balaban J connectivity index is 1.78. The number of amides is 1. The highest BCUT2D eigenvalue weighted by Crippen LogP contribution is 2.38. The molecule has 2 aliphatic carbocycles. The second-order valence-corrected chi connectivity index (χ2v) is 8.84. The maximum atomic E-state index is 11.9. The number of aromatic nitrogens is 2. The van der Waals surface area contributed by atoms with Crippen molar-refractivity contribution in [2.45, 2.75) is 71.8 Å². The molecule has 0 spiro atoms. The third-order valence-electron chi connectivity index (χ3n) is 6.18. The first-order valence-electron chi connectivity index (χ1n) is 10.2. The summed E-state index contributed by atoms with van der Waals surface area (Å²) in [5.41, 5.74) is 12.2. The van der Waals surface area contributed by atoms with Crippen LogP contribution in [0.5, 0.6) is 0 Å². The number of hydrogen-bond acceptors (Lipinski definition) is 3. The lowest BCUT2D eigenvalue weighted by molar-refractivity contribution is 0.100. The van der Waals surface area contributed by atoms with Crippen molar-refractivity contribution >= 4 is 11.6 Å². The normalized spacial score (nSPS) is 18.6. The van der Waals surface area contributed by atoms with E-state index in [1.165, 1.54) is 29.8 Å². The third-order valence-corrected chi connectivity index (χ3v) is 6.18. The topological polar surface area (TPSA) is 72.9 Å². The second-order valence-electron chi connectivity index (χ2n) is 8.84. The summed E-state index contributed by atoms with van der Waals surface area (Å²) in [4.78, 5) is 11.9. The van der Waals surface area contributed by atoms with Crippen molar-refractivity contribution in [1.29, 1.82) is 0 Å². The number of aryl methyl sites for hydroxylation is 1. The van der Waals surface area contributed by atoms with Gasteiger partial charge in [0.05, 0.1) is 16.9 Å². The number of carbonyl (C=O) groups is 1. The Bertz CT molecular complexity index is 877. The monoisotopic (exact) mass is 366 g/mol. The zero-order valence-electron chi connectivity index (χ0n) is 16.6. The zero-order valence-corrected chi connectivity index (χ0v) is 16.6. The number of fused-ring (bicyclic) bond motifs is 1. The summed E-state index contributed by atoms with van der Waals surface area (Å²) in [7, 11) is 0. The summed E-state index contributed by atoms with van der Waals surface area (Å²) in [6.07, 6.45) is 7.80. The highest BCUT2D eigenvalue weighted by Gasteiger charge is 2.31. The van der Waals surface area contributed by atoms with E-state index in [9.17, 15) is 4.79 Å². The van der Waals surface area contributed by atoms with Gasteiger partial charge in [0.15, 0.2) is 0 Å². The molecular formula is C22H30N4O. The minimum absolute atomic E-state index is 0.288. The van der Waals surface area contributed by atoms with Gasteiger partial charge in [-0.15, -0.1) is 0 Å². The number of nitrogens with two attached hydrogens (primary N) is 1. The number of carbonyl (C=O) groups excluding carboxylic acids is 1. The quantitative estimate of drug-likeness (QED) is 0.839. The van der Waals surface area contributed by atoms with Gasteiger partial charge in [-0.25, -0.2) is 4.68 Å². The first-order valence-corrected chi connectivity index (χ1v) is 10.2. The smallest absolute Gasteiger partial charge is 0.250 e. The van der Waals surface area contributed by atoms with E-state index in [2.05, 4.69) is 30.8 Å². The summed E-state index contributed by atoms with van der Waals surface area (Å²) < 4.78 is 2.10. The molecule has 4 rings (SSSR count). The van der Waals surface area contributed by atoms with Gasteiger partial charge in [0.2, 0.25) is 0 Å². The van der Waals surface area contributed by atoms with Gasteiger partial charge in [0.25, 0.3) is 5.91 Å². The SMILES string of the molecule is CCc1nn(-c2ccc(C(N)=O)c(NC3CCC3)c2)c2c1CCC(C)(C)C2. The Kier molecular flexibility index (Phi) is 4.49. The lowest BCUT2D eigenvalue weighted by Gasteiger charge is -2.30. The molecule has 1 aromatic heterocycles. The minimum atomic E-state index is -0.388. The van der Waals surface area contributed by atoms with Gasteiger partial charge in [-0.3, -0.25) is 4.79 Å². The molecule has 0 unspecified atom stereocenters. The van der Waals surface area contributed by atoms with E-state index in [1.807, 2.05) is 18.2 Å². The molecule has 1 fully saturated rings. The van der Waals surface area contributed by atoms with Crippen LogP contribution in [0.25, 0.3) is 5.69 Å². The van der Waals surface area contributed by atoms with Crippen LogP contribution in [-0.4, -0.2) is 21.7 Å². The van der Waals surface area contributed by atoms with Crippen LogP contribution in [-0.2, 0) is 19.3 Å². The summed E-state index contributed by atoms with van der Waals surface area (Å²) in [6.45, 7) is 6.84. The van der Waals surface area contributed by atoms with Gasteiger partial charge in [0, 0.05) is 17.4 Å². The lowest BCUT2D eigenvalue weighted by Crippen LogP contribution is -2.28. The first-order chi connectivity index (χ1) is 12.9. The average Bonchev–Trinajstić information content (AvgIpc) is 2.94. The Morgan fingerprint density at radius 1 is 1.37 bits per heavy atom. The average molecular weight is 367 g/mol. The summed E-state index contributed by atoms with van der Waals surface area (Å²) >= 11 is 0. The Hall–Kier alpha value is -2.30. The molecule has 27 heavy (non-hydrogen) atoms. The van der Waals surface area contributed by atoms with Crippen molar-refractivity contribution in [3.63, 3.8) is 0 Å². The molecule has 1 aromatic carbocycles. The van der Waals surface area contributed by atoms with E-state index in [0.717, 1.165) is 43.5 Å². The number of benzene rings is 1. The van der Waals surface area contributed by atoms with Gasteiger partial charge >= 0.3 is 0 Å². The summed E-state index contributed by atoms with van der Waals surface area (Å²) in [6, 6.07) is 6.30. The Labute approximate surface area is 161 Å². The highest BCUT2D eigenvalue weighted by atomic mass is 16.1. The van der Waals surface area contributed by atoms with Crippen LogP contribution in [0, 0.1) is 5.41 Å². The molecule has 0 saturated heterocycles. The molecule has 0 atom stereocenters. The standard InChI is InChI=1S/C22H30N4O/c1-4-18-16-10-11-22(2,3)13-20(16)26(25-18)15-8-9-17(21(23)27)19(12-15)24-14-6-5-7-14/h8-9,12,14,24H,4-7,10-11,13H2,1-3H3,(H2,23,27). The molecule has 1 saturated carbocycles. The van der Waals surface area contributed by atoms with E-state index < -0.39 is 0 Å². The van der Waals surface area contributed by atoms with E-state index >= 15 is 0 Å². The molecule has 0 aliphatic heterocycles. The van der Waals surface area contributed by atoms with E-state index in [4.69, 9.17) is 10.8 Å². The highest BCUT2D eigenvalue weighted by molar-refractivity contribution is 5.99. The summed E-state index contributed by atoms with van der Waals surface area (Å²) in [5.74, 6) is -0.388. The predicted octanol–water partition coefficient (Wildman–Crippen LogP) is 4.01. The molecule has 5 heteroatoms. The fraction of sp³-hybridized carbons (Fsp3) is 0.545. The molecule has 5 nitrogen and oxygen atoms in total. The van der Waals surface area contributed by atoms with Crippen LogP contribution in [0.3, 0.4) is 0 Å². The Morgan fingerprint density at radius 2 is 2.15 bits per heavy atom. The molecule has 144 valence electrons. The fourth-order valence-electron chi connectivity index (χ4n) is 4.28.